The van der Waals surface area contributed by atoms with E-state index in [1.807, 2.05) is 13.8 Å². The van der Waals surface area contributed by atoms with Crippen LogP contribution in [0.1, 0.15) is 65.2 Å². The van der Waals surface area contributed by atoms with Gasteiger partial charge >= 0.3 is 0 Å². The Bertz CT molecular complexity index is 333. The van der Waals surface area contributed by atoms with Gasteiger partial charge in [-0.1, -0.05) is 39.5 Å². The van der Waals surface area contributed by atoms with Gasteiger partial charge in [-0.3, -0.25) is 0 Å². The molecule has 0 fully saturated rings. The highest BCUT2D eigenvalue weighted by Gasteiger charge is 2.13. The lowest BCUT2D eigenvalue weighted by atomic mass is 10.2. The molecule has 0 aromatic carbocycles. The highest BCUT2D eigenvalue weighted by molar-refractivity contribution is 4.52. The molecule has 2 N–H and O–H groups in total. The lowest BCUT2D eigenvalue weighted by molar-refractivity contribution is -0.710. The summed E-state index contributed by atoms with van der Waals surface area (Å²) in [7, 11) is 0. The summed E-state index contributed by atoms with van der Waals surface area (Å²) in [6, 6.07) is 0. The zero-order valence-corrected chi connectivity index (χ0v) is 14.9. The minimum Gasteiger partial charge on any atom is -0.569 e. The summed E-state index contributed by atoms with van der Waals surface area (Å²) in [6.45, 7) is 6.27. The van der Waals surface area contributed by atoms with E-state index in [-0.39, 0.29) is 9.94 Å². The maximum atomic E-state index is 11.4. The summed E-state index contributed by atoms with van der Waals surface area (Å²) in [5.74, 6) is 0. The Hall–Kier alpha value is -2.00. The van der Waals surface area contributed by atoms with Crippen molar-refractivity contribution in [1.29, 1.82) is 0 Å². The molecule has 0 aromatic rings. The number of unbranched alkanes of at least 4 members (excludes halogenated alkanes) is 5. The first-order valence-electron chi connectivity index (χ1n) is 8.74. The molecule has 0 aliphatic heterocycles. The summed E-state index contributed by atoms with van der Waals surface area (Å²) < 4.78 is 0. The zero-order valence-electron chi connectivity index (χ0n) is 14.9. The summed E-state index contributed by atoms with van der Waals surface area (Å²) in [5, 5.41) is 48.2. The van der Waals surface area contributed by atoms with E-state index in [9.17, 15) is 10.4 Å². The van der Waals surface area contributed by atoms with Crippen LogP contribution in [0.15, 0.2) is 10.6 Å². The Balaban J connectivity index is 4.00. The molecule has 0 saturated heterocycles. The highest BCUT2D eigenvalue weighted by atomic mass is 16.6. The van der Waals surface area contributed by atoms with Crippen LogP contribution < -0.4 is 0 Å². The van der Waals surface area contributed by atoms with Crippen molar-refractivity contribution in [2.75, 3.05) is 26.2 Å². The van der Waals surface area contributed by atoms with Crippen LogP contribution in [0.5, 0.6) is 0 Å². The van der Waals surface area contributed by atoms with Gasteiger partial charge in [0.25, 0.3) is 0 Å². The molecule has 0 heterocycles. The van der Waals surface area contributed by atoms with Gasteiger partial charge in [-0.25, -0.2) is 0 Å². The minimum atomic E-state index is 0.236. The van der Waals surface area contributed by atoms with Crippen molar-refractivity contribution in [3.63, 3.8) is 0 Å². The first-order valence-corrected chi connectivity index (χ1v) is 8.74. The van der Waals surface area contributed by atoms with Gasteiger partial charge in [-0.2, -0.15) is 0 Å². The molecule has 0 unspecified atom stereocenters. The van der Waals surface area contributed by atoms with Crippen LogP contribution in [0.3, 0.4) is 0 Å². The second-order valence-electron chi connectivity index (χ2n) is 5.71. The van der Waals surface area contributed by atoms with E-state index in [4.69, 9.17) is 10.4 Å². The van der Waals surface area contributed by atoms with E-state index < -0.39 is 0 Å². The average Bonchev–Trinajstić information content (AvgIpc) is 2.61. The number of hydrogen-bond acceptors (Lipinski definition) is 4. The Morgan fingerprint density at radius 3 is 1.29 bits per heavy atom. The van der Waals surface area contributed by atoms with Gasteiger partial charge in [-0.05, 0) is 25.7 Å². The van der Waals surface area contributed by atoms with Crippen LogP contribution in [-0.4, -0.2) is 56.6 Å². The molecule has 10 nitrogen and oxygen atoms in total. The molecule has 0 saturated carbocycles. The molecule has 0 rings (SSSR count). The molecule has 0 radical (unpaired) electrons. The Morgan fingerprint density at radius 1 is 0.667 bits per heavy atom. The maximum absolute atomic E-state index is 11.4. The molecule has 0 bridgehead atoms. The predicted molar refractivity (Wildman–Crippen MR) is 87.1 cm³/mol. The second kappa shape index (κ2) is 14.6. The van der Waals surface area contributed by atoms with Crippen LogP contribution >= 0.6 is 0 Å². The van der Waals surface area contributed by atoms with E-state index in [0.717, 1.165) is 51.4 Å². The van der Waals surface area contributed by atoms with Gasteiger partial charge in [0.1, 0.15) is 0 Å². The number of nitrogens with zero attached hydrogens (tertiary/aromatic N) is 6. The topological polar surface area (TPSA) is 124 Å². The van der Waals surface area contributed by atoms with Crippen molar-refractivity contribution in [2.24, 2.45) is 10.6 Å². The van der Waals surface area contributed by atoms with E-state index in [2.05, 4.69) is 10.6 Å². The molecule has 0 aromatic heterocycles. The molecular weight excluding hydrogens is 316 g/mol. The summed E-state index contributed by atoms with van der Waals surface area (Å²) >= 11 is 0. The van der Waals surface area contributed by atoms with Crippen molar-refractivity contribution < 1.29 is 20.4 Å². The van der Waals surface area contributed by atoms with E-state index >= 15 is 0 Å². The molecule has 24 heavy (non-hydrogen) atoms. The molecule has 0 aliphatic carbocycles. The number of hydrogen-bond donors (Lipinski definition) is 2. The normalized spacial score (nSPS) is 12.4. The number of rotatable bonds is 15. The highest BCUT2D eigenvalue weighted by Crippen LogP contribution is 2.06. The van der Waals surface area contributed by atoms with Gasteiger partial charge < -0.3 is 20.8 Å². The van der Waals surface area contributed by atoms with Crippen molar-refractivity contribution in [3.8, 4) is 0 Å². The molecule has 0 aliphatic rings. The largest absolute Gasteiger partial charge is 0.569 e. The summed E-state index contributed by atoms with van der Waals surface area (Å²) in [6.07, 6.45) is 7.07. The molecular formula is C14H32N6O4. The molecule has 10 heteroatoms. The summed E-state index contributed by atoms with van der Waals surface area (Å²) in [5.41, 5.74) is 0. The van der Waals surface area contributed by atoms with E-state index in [1.165, 1.54) is 10.0 Å². The van der Waals surface area contributed by atoms with Crippen molar-refractivity contribution in [2.45, 2.75) is 65.2 Å². The lowest BCUT2D eigenvalue weighted by Crippen LogP contribution is -2.33. The fourth-order valence-corrected chi connectivity index (χ4v) is 2.30. The van der Waals surface area contributed by atoms with Crippen molar-refractivity contribution >= 4 is 0 Å². The van der Waals surface area contributed by atoms with E-state index in [0.29, 0.717) is 26.2 Å². The smallest absolute Gasteiger partial charge is 0.230 e. The molecule has 142 valence electrons. The van der Waals surface area contributed by atoms with Crippen LogP contribution in [-0.2, 0) is 0 Å². The van der Waals surface area contributed by atoms with Crippen LogP contribution in [0.25, 0.3) is 0 Å². The second-order valence-corrected chi connectivity index (χ2v) is 5.71. The van der Waals surface area contributed by atoms with Gasteiger partial charge in [0.2, 0.25) is 10.6 Å². The van der Waals surface area contributed by atoms with Crippen LogP contribution in [0.4, 0.5) is 0 Å². The van der Waals surface area contributed by atoms with Crippen LogP contribution in [0, 0.1) is 10.4 Å². The molecule has 0 amide bonds. The quantitative estimate of drug-likeness (QED) is 0.202. The zero-order chi connectivity index (χ0) is 18.2. The third kappa shape index (κ3) is 9.90. The monoisotopic (exact) mass is 348 g/mol. The van der Waals surface area contributed by atoms with Gasteiger partial charge in [0.15, 0.2) is 0 Å². The standard InChI is InChI=1S/C14H32N6O4/c1-3-5-11-17(19(23)15-21)13-9-7-8-10-14-18(12-6-4-2)20(24)16-22/h21-22H,3-14H2,1-2H3. The minimum absolute atomic E-state index is 0.236. The van der Waals surface area contributed by atoms with Crippen molar-refractivity contribution in [3.05, 3.63) is 10.4 Å². The van der Waals surface area contributed by atoms with Gasteiger partial charge in [-0.15, -0.1) is 10.0 Å². The third-order valence-electron chi connectivity index (χ3n) is 3.76. The Labute approximate surface area is 143 Å². The SMILES string of the molecule is CCCCN(CCCCCCN(CCCC)[N+]([O-])=NO)[N+]([O-])=NO. The molecule has 0 spiro atoms. The maximum Gasteiger partial charge on any atom is 0.230 e. The third-order valence-corrected chi connectivity index (χ3v) is 3.76. The fraction of sp³-hybridized carbons (Fsp3) is 1.00. The first-order chi connectivity index (χ1) is 11.6. The predicted octanol–water partition coefficient (Wildman–Crippen LogP) is 3.28. The van der Waals surface area contributed by atoms with Gasteiger partial charge in [0, 0.05) is 0 Å². The molecule has 0 atom stereocenters. The van der Waals surface area contributed by atoms with Gasteiger partial charge in [0.05, 0.1) is 36.1 Å². The first kappa shape index (κ1) is 22.0. The Morgan fingerprint density at radius 2 is 1.00 bits per heavy atom. The lowest BCUT2D eigenvalue weighted by Gasteiger charge is -2.18. The Kier molecular flexibility index (Phi) is 13.4. The summed E-state index contributed by atoms with van der Waals surface area (Å²) in [4.78, 5) is 0.473. The average molecular weight is 348 g/mol. The van der Waals surface area contributed by atoms with Crippen LogP contribution in [0.2, 0.25) is 0 Å². The van der Waals surface area contributed by atoms with E-state index in [1.54, 1.807) is 0 Å². The van der Waals surface area contributed by atoms with Crippen molar-refractivity contribution in [1.82, 2.24) is 10.0 Å². The number of hydrazine groups is 2. The fourth-order valence-electron chi connectivity index (χ4n) is 2.30.